The molecule has 0 atom stereocenters. The van der Waals surface area contributed by atoms with Crippen LogP contribution in [-0.4, -0.2) is 23.3 Å². The van der Waals surface area contributed by atoms with E-state index in [1.807, 2.05) is 60.7 Å². The molecule has 0 heterocycles. The van der Waals surface area contributed by atoms with Crippen molar-refractivity contribution in [3.8, 4) is 0 Å². The van der Waals surface area contributed by atoms with Gasteiger partial charge in [0.05, 0.1) is 34.3 Å². The van der Waals surface area contributed by atoms with Gasteiger partial charge < -0.3 is 10.6 Å². The summed E-state index contributed by atoms with van der Waals surface area (Å²) in [5.74, 6) is 0.131. The predicted molar refractivity (Wildman–Crippen MR) is 156 cm³/mol. The van der Waals surface area contributed by atoms with E-state index in [-0.39, 0.29) is 23.3 Å². The lowest BCUT2D eigenvalue weighted by Crippen LogP contribution is -2.15. The molecule has 2 N–H and O–H groups in total. The second kappa shape index (κ2) is 14.5. The number of rotatable bonds is 11. The molecule has 0 aliphatic rings. The molecule has 0 spiro atoms. The Bertz CT molecular complexity index is 1270. The van der Waals surface area contributed by atoms with Crippen LogP contribution >= 0.6 is 21.6 Å². The number of nitrogens with one attached hydrogen (secondary N) is 2. The molecule has 0 unspecified atom stereocenters. The number of carbonyl (C=O) groups is 2. The quantitative estimate of drug-likeness (QED) is 0.113. The summed E-state index contributed by atoms with van der Waals surface area (Å²) >= 11 is 0. The number of hydrogen-bond donors (Lipinski definition) is 2. The molecule has 0 aliphatic heterocycles. The lowest BCUT2D eigenvalue weighted by atomic mass is 10.3. The summed E-state index contributed by atoms with van der Waals surface area (Å²) in [6.07, 6.45) is 0. The number of amides is 2. The Hall–Kier alpha value is -4.28. The average Bonchev–Trinajstić information content (AvgIpc) is 2.96. The topological polar surface area (TPSA) is 108 Å². The predicted octanol–water partition coefficient (Wildman–Crippen LogP) is 8.48. The van der Waals surface area contributed by atoms with Crippen LogP contribution in [0.1, 0.15) is 0 Å². The van der Waals surface area contributed by atoms with Gasteiger partial charge in [-0.25, -0.2) is 0 Å². The summed E-state index contributed by atoms with van der Waals surface area (Å²) in [5, 5.41) is 22.4. The maximum Gasteiger partial charge on any atom is 0.235 e. The average molecular weight is 541 g/mol. The molecule has 0 aliphatic carbocycles. The normalized spacial score (nSPS) is 11.1. The number of azo groups is 2. The number of benzene rings is 4. The van der Waals surface area contributed by atoms with Crippen LogP contribution in [0.15, 0.2) is 130 Å². The van der Waals surface area contributed by atoms with Crippen molar-refractivity contribution in [2.75, 3.05) is 22.1 Å². The first-order chi connectivity index (χ1) is 18.6. The van der Waals surface area contributed by atoms with Gasteiger partial charge in [0.15, 0.2) is 0 Å². The Morgan fingerprint density at radius 3 is 1.13 bits per heavy atom. The van der Waals surface area contributed by atoms with E-state index in [1.165, 1.54) is 21.6 Å². The smallest absolute Gasteiger partial charge is 0.235 e. The molecule has 4 rings (SSSR count). The van der Waals surface area contributed by atoms with Crippen molar-refractivity contribution in [3.63, 3.8) is 0 Å². The zero-order chi connectivity index (χ0) is 26.4. The molecule has 190 valence electrons. The van der Waals surface area contributed by atoms with Crippen LogP contribution in [0.2, 0.25) is 0 Å². The highest BCUT2D eigenvalue weighted by molar-refractivity contribution is 8.77. The first-order valence-corrected chi connectivity index (χ1v) is 14.1. The molecule has 10 heteroatoms. The van der Waals surface area contributed by atoms with Gasteiger partial charge in [0, 0.05) is 11.4 Å². The highest BCUT2D eigenvalue weighted by atomic mass is 33.1. The van der Waals surface area contributed by atoms with Crippen LogP contribution in [0.3, 0.4) is 0 Å². The van der Waals surface area contributed by atoms with Crippen LogP contribution in [0.4, 0.5) is 34.1 Å². The van der Waals surface area contributed by atoms with Crippen LogP contribution in [0.5, 0.6) is 0 Å². The Labute approximate surface area is 228 Å². The molecule has 0 aromatic heterocycles. The maximum absolute atomic E-state index is 12.2. The minimum absolute atomic E-state index is 0.151. The van der Waals surface area contributed by atoms with Crippen molar-refractivity contribution < 1.29 is 9.59 Å². The van der Waals surface area contributed by atoms with Gasteiger partial charge in [0.2, 0.25) is 11.8 Å². The van der Waals surface area contributed by atoms with E-state index >= 15 is 0 Å². The van der Waals surface area contributed by atoms with Gasteiger partial charge in [-0.3, -0.25) is 9.59 Å². The first-order valence-electron chi connectivity index (χ1n) is 11.6. The van der Waals surface area contributed by atoms with E-state index in [4.69, 9.17) is 0 Å². The Morgan fingerprint density at radius 1 is 0.474 bits per heavy atom. The monoisotopic (exact) mass is 540 g/mol. The summed E-state index contributed by atoms with van der Waals surface area (Å²) < 4.78 is 0. The van der Waals surface area contributed by atoms with Gasteiger partial charge in [-0.15, -0.1) is 0 Å². The minimum atomic E-state index is -0.151. The van der Waals surface area contributed by atoms with Gasteiger partial charge in [0.1, 0.15) is 0 Å². The second-order valence-corrected chi connectivity index (χ2v) is 10.2. The van der Waals surface area contributed by atoms with Gasteiger partial charge >= 0.3 is 0 Å². The van der Waals surface area contributed by atoms with Gasteiger partial charge in [-0.2, -0.15) is 20.5 Å². The summed E-state index contributed by atoms with van der Waals surface area (Å²) in [4.78, 5) is 24.4. The molecule has 38 heavy (non-hydrogen) atoms. The molecule has 0 saturated heterocycles. The van der Waals surface area contributed by atoms with E-state index in [9.17, 15) is 9.59 Å². The largest absolute Gasteiger partial charge is 0.325 e. The van der Waals surface area contributed by atoms with Crippen LogP contribution in [0.25, 0.3) is 0 Å². The van der Waals surface area contributed by atoms with Crippen molar-refractivity contribution >= 4 is 67.5 Å². The van der Waals surface area contributed by atoms with Crippen molar-refractivity contribution in [1.29, 1.82) is 0 Å². The standard InChI is InChI=1S/C28H24N6O2S2/c35-27(29-21-11-15-25(16-12-21)33-31-23-7-3-1-4-8-23)19-37-38-20-28(36)30-22-13-17-26(18-14-22)34-32-24-9-5-2-6-10-24/h1-18H,19-20H2,(H,29,35)(H,30,36). The van der Waals surface area contributed by atoms with Crippen molar-refractivity contribution in [2.24, 2.45) is 20.5 Å². The van der Waals surface area contributed by atoms with Gasteiger partial charge in [-0.1, -0.05) is 58.0 Å². The van der Waals surface area contributed by atoms with E-state index in [1.54, 1.807) is 48.5 Å². The summed E-state index contributed by atoms with van der Waals surface area (Å²) in [5.41, 5.74) is 4.26. The third-order valence-electron chi connectivity index (χ3n) is 4.84. The van der Waals surface area contributed by atoms with Gasteiger partial charge in [-0.05, 0) is 72.8 Å². The Morgan fingerprint density at radius 2 is 0.789 bits per heavy atom. The highest BCUT2D eigenvalue weighted by Crippen LogP contribution is 2.24. The third kappa shape index (κ3) is 9.30. The van der Waals surface area contributed by atoms with E-state index in [0.717, 1.165) is 11.4 Å². The fourth-order valence-corrected chi connectivity index (χ4v) is 4.69. The van der Waals surface area contributed by atoms with Crippen LogP contribution in [0, 0.1) is 0 Å². The molecule has 8 nitrogen and oxygen atoms in total. The van der Waals surface area contributed by atoms with Crippen LogP contribution in [-0.2, 0) is 9.59 Å². The van der Waals surface area contributed by atoms with Gasteiger partial charge in [0.25, 0.3) is 0 Å². The lowest BCUT2D eigenvalue weighted by Gasteiger charge is -2.06. The van der Waals surface area contributed by atoms with E-state index in [2.05, 4.69) is 31.1 Å². The lowest BCUT2D eigenvalue weighted by molar-refractivity contribution is -0.114. The Kier molecular flexibility index (Phi) is 10.2. The summed E-state index contributed by atoms with van der Waals surface area (Å²) in [6, 6.07) is 33.2. The molecular formula is C28H24N6O2S2. The molecule has 4 aromatic rings. The SMILES string of the molecule is O=C(CSSCC(=O)Nc1ccc(N=Nc2ccccc2)cc1)Nc1ccc(N=Nc2ccccc2)cc1. The zero-order valence-electron chi connectivity index (χ0n) is 20.2. The fraction of sp³-hybridized carbons (Fsp3) is 0.0714. The Balaban J connectivity index is 1.12. The summed E-state index contributed by atoms with van der Waals surface area (Å²) in [6.45, 7) is 0. The zero-order valence-corrected chi connectivity index (χ0v) is 21.9. The number of hydrogen-bond acceptors (Lipinski definition) is 8. The molecule has 0 radical (unpaired) electrons. The van der Waals surface area contributed by atoms with Crippen molar-refractivity contribution in [3.05, 3.63) is 109 Å². The molecular weight excluding hydrogens is 516 g/mol. The number of anilines is 2. The molecule has 0 saturated carbocycles. The number of carbonyl (C=O) groups excluding carboxylic acids is 2. The molecule has 0 bridgehead atoms. The molecule has 4 aromatic carbocycles. The fourth-order valence-electron chi connectivity index (χ4n) is 3.03. The van der Waals surface area contributed by atoms with Crippen molar-refractivity contribution in [2.45, 2.75) is 0 Å². The van der Waals surface area contributed by atoms with E-state index < -0.39 is 0 Å². The van der Waals surface area contributed by atoms with E-state index in [0.29, 0.717) is 22.7 Å². The van der Waals surface area contributed by atoms with Crippen LogP contribution < -0.4 is 10.6 Å². The number of nitrogens with zero attached hydrogens (tertiary/aromatic N) is 4. The third-order valence-corrected chi connectivity index (χ3v) is 6.97. The minimum Gasteiger partial charge on any atom is -0.325 e. The molecule has 2 amide bonds. The van der Waals surface area contributed by atoms with Crippen molar-refractivity contribution in [1.82, 2.24) is 0 Å². The highest BCUT2D eigenvalue weighted by Gasteiger charge is 2.07. The summed E-state index contributed by atoms with van der Waals surface area (Å²) in [7, 11) is 2.64. The molecule has 0 fully saturated rings. The second-order valence-electron chi connectivity index (χ2n) is 7.79. The maximum atomic E-state index is 12.2. The first kappa shape index (κ1) is 26.8.